The zero-order valence-electron chi connectivity index (χ0n) is 20.2. The quantitative estimate of drug-likeness (QED) is 0.559. The first-order valence-corrected chi connectivity index (χ1v) is 12.1. The number of carbonyl (C=O) groups excluding carboxylic acids is 3. The molecule has 0 saturated carbocycles. The van der Waals surface area contributed by atoms with Gasteiger partial charge in [0.2, 0.25) is 18.6 Å². The number of para-hydroxylation sites is 1. The minimum atomic E-state index is -0.662. The molecule has 0 aliphatic carbocycles. The number of nitrogens with one attached hydrogen (secondary N) is 2. The lowest BCUT2D eigenvalue weighted by molar-refractivity contribution is -0.121. The second-order valence-corrected chi connectivity index (χ2v) is 9.28. The molecule has 0 aromatic heterocycles. The maximum absolute atomic E-state index is 13.6. The van der Waals surface area contributed by atoms with E-state index in [0.717, 1.165) is 16.7 Å². The van der Waals surface area contributed by atoms with E-state index in [-0.39, 0.29) is 43.5 Å². The summed E-state index contributed by atoms with van der Waals surface area (Å²) in [5, 5.41) is 5.89. The second-order valence-electron chi connectivity index (χ2n) is 9.28. The molecule has 3 heterocycles. The molecule has 0 radical (unpaired) electrons. The first kappa shape index (κ1) is 22.9. The Bertz CT molecular complexity index is 1420. The van der Waals surface area contributed by atoms with Gasteiger partial charge >= 0.3 is 0 Å². The molecule has 2 N–H and O–H groups in total. The summed E-state index contributed by atoms with van der Waals surface area (Å²) in [6, 6.07) is 17.4. The smallest absolute Gasteiger partial charge is 0.256 e. The van der Waals surface area contributed by atoms with Gasteiger partial charge < -0.3 is 29.7 Å². The fourth-order valence-corrected chi connectivity index (χ4v) is 5.17. The minimum absolute atomic E-state index is 0.146. The van der Waals surface area contributed by atoms with Crippen LogP contribution >= 0.6 is 0 Å². The standard InChI is InChI=1S/C28H25N3O6/c1-35-23-5-3-2-4-18(23)12-26(32)29-19-13-22-27(33)30-21-8-6-16(10-20(21)28(34)31(22)14-19)17-7-9-24-25(11-17)37-15-36-24/h2-11,19,22H,12-15H2,1H3,(H,29,32)(H,30,33)/t19-,22-/m0/s1. The number of rotatable bonds is 5. The number of benzene rings is 3. The predicted molar refractivity (Wildman–Crippen MR) is 135 cm³/mol. The summed E-state index contributed by atoms with van der Waals surface area (Å²) in [5.74, 6) is 1.28. The Morgan fingerprint density at radius 1 is 1.05 bits per heavy atom. The average molecular weight is 500 g/mol. The first-order valence-electron chi connectivity index (χ1n) is 12.1. The highest BCUT2D eigenvalue weighted by molar-refractivity contribution is 6.11. The predicted octanol–water partition coefficient (Wildman–Crippen LogP) is 2.99. The maximum atomic E-state index is 13.6. The molecule has 3 amide bonds. The van der Waals surface area contributed by atoms with Crippen LogP contribution < -0.4 is 24.8 Å². The summed E-state index contributed by atoms with van der Waals surface area (Å²) in [7, 11) is 1.56. The van der Waals surface area contributed by atoms with E-state index in [1.54, 1.807) is 30.2 Å². The minimum Gasteiger partial charge on any atom is -0.496 e. The van der Waals surface area contributed by atoms with E-state index in [1.807, 2.05) is 42.5 Å². The van der Waals surface area contributed by atoms with Crippen molar-refractivity contribution >= 4 is 23.4 Å². The van der Waals surface area contributed by atoms with Crippen molar-refractivity contribution in [2.45, 2.75) is 24.9 Å². The van der Waals surface area contributed by atoms with Crippen LogP contribution in [-0.4, -0.2) is 55.2 Å². The van der Waals surface area contributed by atoms with Gasteiger partial charge in [0.15, 0.2) is 11.5 Å². The third kappa shape index (κ3) is 4.22. The molecule has 9 heteroatoms. The van der Waals surface area contributed by atoms with E-state index in [0.29, 0.717) is 34.9 Å². The highest BCUT2D eigenvalue weighted by atomic mass is 16.7. The van der Waals surface area contributed by atoms with Gasteiger partial charge in [-0.05, 0) is 47.9 Å². The number of amides is 3. The largest absolute Gasteiger partial charge is 0.496 e. The van der Waals surface area contributed by atoms with Crippen molar-refractivity contribution in [2.24, 2.45) is 0 Å². The third-order valence-corrected chi connectivity index (χ3v) is 6.99. The molecule has 0 bridgehead atoms. The Labute approximate surface area is 213 Å². The Kier molecular flexibility index (Phi) is 5.67. The van der Waals surface area contributed by atoms with Crippen LogP contribution in [0.3, 0.4) is 0 Å². The van der Waals surface area contributed by atoms with Gasteiger partial charge in [-0.1, -0.05) is 30.3 Å². The molecule has 2 atom stereocenters. The summed E-state index contributed by atoms with van der Waals surface area (Å²) in [5.41, 5.74) is 3.35. The topological polar surface area (TPSA) is 106 Å². The van der Waals surface area contributed by atoms with Crippen LogP contribution in [0.2, 0.25) is 0 Å². The first-order chi connectivity index (χ1) is 18.0. The summed E-state index contributed by atoms with van der Waals surface area (Å²) >= 11 is 0. The van der Waals surface area contributed by atoms with Crippen LogP contribution in [0, 0.1) is 0 Å². The fraction of sp³-hybridized carbons (Fsp3) is 0.250. The van der Waals surface area contributed by atoms with Gasteiger partial charge in [-0.3, -0.25) is 14.4 Å². The Morgan fingerprint density at radius 3 is 2.70 bits per heavy atom. The van der Waals surface area contributed by atoms with Crippen molar-refractivity contribution in [1.82, 2.24) is 10.2 Å². The van der Waals surface area contributed by atoms with Gasteiger partial charge in [0.25, 0.3) is 5.91 Å². The van der Waals surface area contributed by atoms with E-state index >= 15 is 0 Å². The zero-order chi connectivity index (χ0) is 25.5. The van der Waals surface area contributed by atoms with E-state index in [4.69, 9.17) is 14.2 Å². The third-order valence-electron chi connectivity index (χ3n) is 6.99. The molecule has 3 aliphatic heterocycles. The molecule has 9 nitrogen and oxygen atoms in total. The maximum Gasteiger partial charge on any atom is 0.256 e. The summed E-state index contributed by atoms with van der Waals surface area (Å²) < 4.78 is 16.2. The molecule has 3 aliphatic rings. The molecule has 37 heavy (non-hydrogen) atoms. The van der Waals surface area contributed by atoms with Gasteiger partial charge in [-0.25, -0.2) is 0 Å². The number of ether oxygens (including phenoxy) is 3. The summed E-state index contributed by atoms with van der Waals surface area (Å²) in [4.78, 5) is 40.9. The molecular weight excluding hydrogens is 474 g/mol. The lowest BCUT2D eigenvalue weighted by Gasteiger charge is -2.20. The van der Waals surface area contributed by atoms with Crippen molar-refractivity contribution in [3.8, 4) is 28.4 Å². The van der Waals surface area contributed by atoms with E-state index in [9.17, 15) is 14.4 Å². The van der Waals surface area contributed by atoms with E-state index < -0.39 is 6.04 Å². The second kappa shape index (κ2) is 9.16. The summed E-state index contributed by atoms with van der Waals surface area (Å²) in [6.45, 7) is 0.433. The molecule has 0 spiro atoms. The molecule has 1 fully saturated rings. The van der Waals surface area contributed by atoms with Crippen LogP contribution in [0.4, 0.5) is 5.69 Å². The molecule has 1 saturated heterocycles. The number of fused-ring (bicyclic) bond motifs is 3. The number of carbonyl (C=O) groups is 3. The van der Waals surface area contributed by atoms with Crippen molar-refractivity contribution in [1.29, 1.82) is 0 Å². The molecule has 3 aromatic rings. The normalized spacial score (nSPS) is 19.5. The Morgan fingerprint density at radius 2 is 1.84 bits per heavy atom. The molecule has 0 unspecified atom stereocenters. The van der Waals surface area contributed by atoms with Crippen molar-refractivity contribution in [2.75, 3.05) is 25.8 Å². The lowest BCUT2D eigenvalue weighted by Crippen LogP contribution is -2.41. The van der Waals surface area contributed by atoms with Gasteiger partial charge in [0, 0.05) is 18.2 Å². The van der Waals surface area contributed by atoms with Gasteiger partial charge in [0.05, 0.1) is 24.8 Å². The number of nitrogens with zero attached hydrogens (tertiary/aromatic N) is 1. The van der Waals surface area contributed by atoms with Crippen LogP contribution in [0.25, 0.3) is 11.1 Å². The SMILES string of the molecule is COc1ccccc1CC(=O)N[C@H]1C[C@H]2C(=O)Nc3ccc(-c4ccc5c(c4)OCO5)cc3C(=O)N2C1. The number of anilines is 1. The van der Waals surface area contributed by atoms with Gasteiger partial charge in [-0.15, -0.1) is 0 Å². The van der Waals surface area contributed by atoms with Crippen LogP contribution in [0.1, 0.15) is 22.3 Å². The van der Waals surface area contributed by atoms with Crippen LogP contribution in [0.5, 0.6) is 17.2 Å². The molecular formula is C28H25N3O6. The van der Waals surface area contributed by atoms with Gasteiger partial charge in [-0.2, -0.15) is 0 Å². The molecule has 3 aromatic carbocycles. The van der Waals surface area contributed by atoms with Crippen molar-refractivity contribution in [3.63, 3.8) is 0 Å². The molecule has 6 rings (SSSR count). The van der Waals surface area contributed by atoms with Crippen LogP contribution in [0.15, 0.2) is 60.7 Å². The van der Waals surface area contributed by atoms with E-state index in [2.05, 4.69) is 10.6 Å². The van der Waals surface area contributed by atoms with E-state index in [1.165, 1.54) is 0 Å². The highest BCUT2D eigenvalue weighted by Gasteiger charge is 2.43. The Hall–Kier alpha value is -4.53. The van der Waals surface area contributed by atoms with Crippen molar-refractivity contribution < 1.29 is 28.6 Å². The number of hydrogen-bond acceptors (Lipinski definition) is 6. The zero-order valence-corrected chi connectivity index (χ0v) is 20.2. The number of hydrogen-bond donors (Lipinski definition) is 2. The van der Waals surface area contributed by atoms with Gasteiger partial charge in [0.1, 0.15) is 11.8 Å². The average Bonchev–Trinajstić information content (AvgIpc) is 3.53. The number of methoxy groups -OCH3 is 1. The molecule has 188 valence electrons. The monoisotopic (exact) mass is 499 g/mol. The van der Waals surface area contributed by atoms with Crippen molar-refractivity contribution in [3.05, 3.63) is 71.8 Å². The summed E-state index contributed by atoms with van der Waals surface area (Å²) in [6.07, 6.45) is 0.491. The Balaban J connectivity index is 1.20. The van der Waals surface area contributed by atoms with Crippen LogP contribution in [-0.2, 0) is 16.0 Å². The fourth-order valence-electron chi connectivity index (χ4n) is 5.17. The highest BCUT2D eigenvalue weighted by Crippen LogP contribution is 2.38. The lowest BCUT2D eigenvalue weighted by atomic mass is 10.0.